The van der Waals surface area contributed by atoms with Gasteiger partial charge in [-0.3, -0.25) is 0 Å². The molecular formula is C36H36N2O6S. The lowest BCUT2D eigenvalue weighted by Crippen LogP contribution is -2.51. The summed E-state index contributed by atoms with van der Waals surface area (Å²) >= 11 is 0. The van der Waals surface area contributed by atoms with E-state index < -0.39 is 34.6 Å². The van der Waals surface area contributed by atoms with Gasteiger partial charge in [-0.2, -0.15) is 0 Å². The maximum atomic E-state index is 13.4. The summed E-state index contributed by atoms with van der Waals surface area (Å²) in [6.07, 6.45) is -2.64. The fourth-order valence-corrected chi connectivity index (χ4v) is 6.21. The zero-order valence-corrected chi connectivity index (χ0v) is 25.5. The molecule has 2 N–H and O–H groups in total. The van der Waals surface area contributed by atoms with Crippen molar-refractivity contribution in [3.05, 3.63) is 150 Å². The van der Waals surface area contributed by atoms with Gasteiger partial charge in [-0.15, -0.1) is 4.83 Å². The van der Waals surface area contributed by atoms with E-state index in [9.17, 15) is 8.42 Å². The number of benzene rings is 5. The number of ether oxygens (including phenoxy) is 4. The van der Waals surface area contributed by atoms with Gasteiger partial charge in [0.15, 0.2) is 6.23 Å². The van der Waals surface area contributed by atoms with Crippen LogP contribution in [0.25, 0.3) is 10.8 Å². The average Bonchev–Trinajstić information content (AvgIpc) is 3.42. The summed E-state index contributed by atoms with van der Waals surface area (Å²) in [5.74, 6) is 0. The third-order valence-corrected chi connectivity index (χ3v) is 8.90. The van der Waals surface area contributed by atoms with Crippen LogP contribution in [0.15, 0.2) is 138 Å². The zero-order valence-electron chi connectivity index (χ0n) is 24.7. The number of hydrogen-bond donors (Lipinski definition) is 2. The minimum absolute atomic E-state index is 0.132. The van der Waals surface area contributed by atoms with Gasteiger partial charge < -0.3 is 18.9 Å². The molecule has 1 aliphatic rings. The Hall–Kier alpha value is -3.93. The zero-order chi connectivity index (χ0) is 30.9. The van der Waals surface area contributed by atoms with Crippen LogP contribution in [0.5, 0.6) is 0 Å². The van der Waals surface area contributed by atoms with Crippen molar-refractivity contribution >= 4 is 20.8 Å². The maximum Gasteiger partial charge on any atom is 0.253 e. The van der Waals surface area contributed by atoms with Crippen molar-refractivity contribution in [2.75, 3.05) is 6.61 Å². The summed E-state index contributed by atoms with van der Waals surface area (Å²) in [5.41, 5.74) is 5.90. The quantitative estimate of drug-likeness (QED) is 0.152. The Morgan fingerprint density at radius 3 is 1.76 bits per heavy atom. The van der Waals surface area contributed by atoms with E-state index in [2.05, 4.69) is 10.3 Å². The third-order valence-electron chi connectivity index (χ3n) is 7.64. The lowest BCUT2D eigenvalue weighted by Gasteiger charge is -2.25. The highest BCUT2D eigenvalue weighted by molar-refractivity contribution is 7.89. The number of nitrogens with one attached hydrogen (secondary N) is 2. The van der Waals surface area contributed by atoms with Gasteiger partial charge in [-0.25, -0.2) is 13.8 Å². The van der Waals surface area contributed by atoms with Crippen LogP contribution in [-0.2, 0) is 48.8 Å². The molecule has 5 aromatic carbocycles. The predicted octanol–water partition coefficient (Wildman–Crippen LogP) is 5.74. The monoisotopic (exact) mass is 624 g/mol. The molecule has 0 bridgehead atoms. The van der Waals surface area contributed by atoms with Crippen molar-refractivity contribution in [2.45, 2.75) is 49.3 Å². The summed E-state index contributed by atoms with van der Waals surface area (Å²) in [6.45, 7) is 1.22. The van der Waals surface area contributed by atoms with E-state index in [0.29, 0.717) is 13.2 Å². The molecule has 0 aliphatic carbocycles. The second kappa shape index (κ2) is 14.9. The molecule has 0 spiro atoms. The standard InChI is InChI=1S/C36H36N2O6S/c39-45(40,32-21-20-30-18-10-11-19-31(30)22-32)38-37-36-35(43-25-29-16-8-3-9-17-29)34(42-24-28-14-6-2-7-15-28)33(44-36)26-41-23-27-12-4-1-5-13-27/h1-22,33-38H,23-26H2/t33-,34-,35+,36-/m1/s1. The summed E-state index contributed by atoms with van der Waals surface area (Å²) < 4.78 is 52.1. The normalized spacial score (nSPS) is 20.0. The van der Waals surface area contributed by atoms with Crippen molar-refractivity contribution < 1.29 is 27.4 Å². The molecule has 1 aliphatic heterocycles. The fraction of sp³-hybridized carbons (Fsp3) is 0.222. The van der Waals surface area contributed by atoms with Crippen molar-refractivity contribution in [1.29, 1.82) is 0 Å². The molecule has 232 valence electrons. The van der Waals surface area contributed by atoms with Crippen LogP contribution >= 0.6 is 0 Å². The first-order valence-electron chi connectivity index (χ1n) is 14.9. The first kappa shape index (κ1) is 31.1. The summed E-state index contributed by atoms with van der Waals surface area (Å²) in [6, 6.07) is 42.1. The van der Waals surface area contributed by atoms with Crippen molar-refractivity contribution in [3.8, 4) is 0 Å². The van der Waals surface area contributed by atoms with Crippen LogP contribution in [0, 0.1) is 0 Å². The van der Waals surface area contributed by atoms with Gasteiger partial charge in [-0.1, -0.05) is 121 Å². The first-order chi connectivity index (χ1) is 22.0. The van der Waals surface area contributed by atoms with Gasteiger partial charge in [0.1, 0.15) is 18.3 Å². The summed E-state index contributed by atoms with van der Waals surface area (Å²) in [5, 5.41) is 1.78. The Morgan fingerprint density at radius 1 is 0.600 bits per heavy atom. The Kier molecular flexibility index (Phi) is 10.3. The predicted molar refractivity (Wildman–Crippen MR) is 172 cm³/mol. The molecule has 0 unspecified atom stereocenters. The van der Waals surface area contributed by atoms with Crippen LogP contribution in [0.1, 0.15) is 16.7 Å². The van der Waals surface area contributed by atoms with Gasteiger partial charge in [0, 0.05) is 0 Å². The molecule has 8 nitrogen and oxygen atoms in total. The van der Waals surface area contributed by atoms with Crippen LogP contribution in [-0.4, -0.2) is 39.6 Å². The molecular weight excluding hydrogens is 588 g/mol. The Morgan fingerprint density at radius 2 is 1.13 bits per heavy atom. The Bertz CT molecular complexity index is 1760. The van der Waals surface area contributed by atoms with Crippen LogP contribution < -0.4 is 10.3 Å². The third kappa shape index (κ3) is 8.22. The molecule has 1 fully saturated rings. The van der Waals surface area contributed by atoms with E-state index in [4.69, 9.17) is 18.9 Å². The maximum absolute atomic E-state index is 13.4. The van der Waals surface area contributed by atoms with E-state index in [-0.39, 0.29) is 18.1 Å². The van der Waals surface area contributed by atoms with Crippen LogP contribution in [0.4, 0.5) is 0 Å². The molecule has 5 aromatic rings. The molecule has 1 heterocycles. The van der Waals surface area contributed by atoms with Gasteiger partial charge in [0.25, 0.3) is 10.0 Å². The van der Waals surface area contributed by atoms with Crippen LogP contribution in [0.2, 0.25) is 0 Å². The van der Waals surface area contributed by atoms with Crippen molar-refractivity contribution in [2.24, 2.45) is 0 Å². The second-order valence-electron chi connectivity index (χ2n) is 10.9. The highest BCUT2D eigenvalue weighted by Gasteiger charge is 2.47. The Labute approximate surface area is 263 Å². The van der Waals surface area contributed by atoms with Gasteiger partial charge in [0.2, 0.25) is 0 Å². The molecule has 45 heavy (non-hydrogen) atoms. The minimum Gasteiger partial charge on any atom is -0.374 e. The Balaban J connectivity index is 1.21. The number of hydrogen-bond acceptors (Lipinski definition) is 7. The number of fused-ring (bicyclic) bond motifs is 1. The highest BCUT2D eigenvalue weighted by atomic mass is 32.2. The summed E-state index contributed by atoms with van der Waals surface area (Å²) in [4.78, 5) is 2.66. The number of hydrazine groups is 1. The van der Waals surface area contributed by atoms with Gasteiger partial charge >= 0.3 is 0 Å². The lowest BCUT2D eigenvalue weighted by atomic mass is 10.1. The number of rotatable bonds is 14. The molecule has 0 aromatic heterocycles. The topological polar surface area (TPSA) is 95.1 Å². The SMILES string of the molecule is O=S(=O)(NN[C@@H]1O[C@H](COCc2ccccc2)[C@@H](OCc2ccccc2)[C@@H]1OCc1ccccc1)c1ccc2ccccc2c1. The highest BCUT2D eigenvalue weighted by Crippen LogP contribution is 2.28. The first-order valence-corrected chi connectivity index (χ1v) is 16.4. The minimum atomic E-state index is -3.94. The van der Waals surface area contributed by atoms with Crippen molar-refractivity contribution in [1.82, 2.24) is 10.3 Å². The van der Waals surface area contributed by atoms with Gasteiger partial charge in [0.05, 0.1) is 31.3 Å². The molecule has 0 amide bonds. The largest absolute Gasteiger partial charge is 0.374 e. The summed E-state index contributed by atoms with van der Waals surface area (Å²) in [7, 11) is -3.94. The van der Waals surface area contributed by atoms with E-state index in [1.807, 2.05) is 115 Å². The molecule has 0 radical (unpaired) electrons. The van der Waals surface area contributed by atoms with Crippen LogP contribution in [0.3, 0.4) is 0 Å². The molecule has 4 atom stereocenters. The second-order valence-corrected chi connectivity index (χ2v) is 12.6. The van der Waals surface area contributed by atoms with Gasteiger partial charge in [-0.05, 0) is 39.6 Å². The molecule has 6 rings (SSSR count). The molecule has 9 heteroatoms. The smallest absolute Gasteiger partial charge is 0.253 e. The fourth-order valence-electron chi connectivity index (χ4n) is 5.29. The van der Waals surface area contributed by atoms with E-state index in [1.165, 1.54) is 0 Å². The molecule has 1 saturated heterocycles. The van der Waals surface area contributed by atoms with E-state index in [0.717, 1.165) is 27.5 Å². The van der Waals surface area contributed by atoms with E-state index >= 15 is 0 Å². The van der Waals surface area contributed by atoms with E-state index in [1.54, 1.807) is 18.2 Å². The molecule has 0 saturated carbocycles. The number of sulfonamides is 1. The lowest BCUT2D eigenvalue weighted by molar-refractivity contribution is -0.0901. The van der Waals surface area contributed by atoms with Crippen molar-refractivity contribution in [3.63, 3.8) is 0 Å². The average molecular weight is 625 g/mol.